The molecule has 1 heterocycles. The van der Waals surface area contributed by atoms with Gasteiger partial charge in [-0.2, -0.15) is 21.6 Å². The van der Waals surface area contributed by atoms with E-state index in [-0.39, 0.29) is 5.04 Å². The fourth-order valence-corrected chi connectivity index (χ4v) is 6.95. The second-order valence-electron chi connectivity index (χ2n) is 10.9. The van der Waals surface area contributed by atoms with Crippen molar-refractivity contribution < 1.29 is 29.9 Å². The number of thioether (sulfide) groups is 1. The minimum Gasteiger partial charge on any atom is -0.412 e. The van der Waals surface area contributed by atoms with Crippen molar-refractivity contribution in [1.82, 2.24) is 9.97 Å². The van der Waals surface area contributed by atoms with Gasteiger partial charge in [0, 0.05) is 11.3 Å². The van der Waals surface area contributed by atoms with Crippen LogP contribution in [0.15, 0.2) is 5.16 Å². The van der Waals surface area contributed by atoms with E-state index in [2.05, 4.69) is 47.7 Å². The molecule has 0 bridgehead atoms. The first-order valence-electron chi connectivity index (χ1n) is 10.5. The second-order valence-corrected chi connectivity index (χ2v) is 23.4. The third-order valence-corrected chi connectivity index (χ3v) is 18.2. The second kappa shape index (κ2) is 11.5. The van der Waals surface area contributed by atoms with Gasteiger partial charge in [-0.25, -0.2) is 9.97 Å². The zero-order valence-electron chi connectivity index (χ0n) is 22.1. The van der Waals surface area contributed by atoms with E-state index in [9.17, 15) is 21.6 Å². The van der Waals surface area contributed by atoms with E-state index in [1.54, 1.807) is 20.8 Å². The molecule has 1 aromatic heterocycles. The minimum absolute atomic E-state index is 0.188. The molecule has 0 aromatic carbocycles. The highest BCUT2D eigenvalue weighted by molar-refractivity contribution is 7.98. The fraction of sp³-hybridized carbons (Fsp3) is 0.800. The van der Waals surface area contributed by atoms with Crippen molar-refractivity contribution in [1.29, 1.82) is 0 Å². The molecule has 1 aromatic rings. The highest BCUT2D eigenvalue weighted by atomic mass is 35.5. The number of hydrogen-bond acceptors (Lipinski definition) is 7. The van der Waals surface area contributed by atoms with Gasteiger partial charge in [0.25, 0.3) is 0 Å². The van der Waals surface area contributed by atoms with Gasteiger partial charge in [0.1, 0.15) is 5.15 Å². The molecule has 14 heteroatoms. The van der Waals surface area contributed by atoms with Crippen molar-refractivity contribution in [3.05, 3.63) is 16.4 Å². The summed E-state index contributed by atoms with van der Waals surface area (Å²) in [7, 11) is -10.2. The number of hydrogen-bond donors (Lipinski definition) is 0. The first-order valence-corrected chi connectivity index (χ1v) is 19.3. The highest BCUT2D eigenvalue weighted by Crippen LogP contribution is 2.40. The van der Waals surface area contributed by atoms with Crippen molar-refractivity contribution >= 4 is 50.1 Å². The summed E-state index contributed by atoms with van der Waals surface area (Å²) in [6.07, 6.45) is 1.94. The third-order valence-electron chi connectivity index (χ3n) is 6.12. The van der Waals surface area contributed by atoms with Gasteiger partial charge in [0.2, 0.25) is 8.32 Å². The number of aryl methyl sites for hydroxylation is 1. The van der Waals surface area contributed by atoms with Gasteiger partial charge in [0.05, 0.1) is 6.61 Å². The lowest BCUT2D eigenvalue weighted by Gasteiger charge is -2.36. The lowest BCUT2D eigenvalue weighted by Crippen LogP contribution is -2.45. The van der Waals surface area contributed by atoms with Crippen molar-refractivity contribution in [2.45, 2.75) is 102 Å². The average molecular weight is 583 g/mol. The molecule has 0 fully saturated rings. The summed E-state index contributed by atoms with van der Waals surface area (Å²) in [4.78, 5) is 8.69. The van der Waals surface area contributed by atoms with Crippen LogP contribution in [0.5, 0.6) is 0 Å². The Morgan fingerprint density at radius 3 is 1.71 bits per heavy atom. The molecule has 0 saturated carbocycles. The van der Waals surface area contributed by atoms with E-state index in [4.69, 9.17) is 16.0 Å². The largest absolute Gasteiger partial charge is 0.522 e. The molecule has 0 saturated heterocycles. The average Bonchev–Trinajstić information content (AvgIpc) is 2.57. The lowest BCUT2D eigenvalue weighted by atomic mass is 10.2. The van der Waals surface area contributed by atoms with Crippen molar-refractivity contribution in [2.24, 2.45) is 0 Å². The van der Waals surface area contributed by atoms with Gasteiger partial charge in [-0.15, -0.1) is 0 Å². The first-order chi connectivity index (χ1) is 14.8. The standard InChI is InChI=1S/C13H23ClN2OSSi.C7H15F3O3SSi/c1-9-10(11(14)16-12(15-9)18-5)8-17-19(6,7)13(2,3)4;1-6(2,3)15(4,5)13-14(11,12)7(8,9)10/h8H2,1-7H3;1-5H3. The van der Waals surface area contributed by atoms with Gasteiger partial charge in [0.15, 0.2) is 13.5 Å². The topological polar surface area (TPSA) is 78.4 Å². The predicted octanol–water partition coefficient (Wildman–Crippen LogP) is 7.54. The van der Waals surface area contributed by atoms with E-state index in [0.29, 0.717) is 16.9 Å². The van der Waals surface area contributed by atoms with Gasteiger partial charge < -0.3 is 8.30 Å². The summed E-state index contributed by atoms with van der Waals surface area (Å²) in [6, 6.07) is 0. The molecule has 0 aliphatic heterocycles. The molecule has 0 radical (unpaired) electrons. The van der Waals surface area contributed by atoms with E-state index in [0.717, 1.165) is 11.3 Å². The third kappa shape index (κ3) is 9.36. The van der Waals surface area contributed by atoms with Crippen LogP contribution in [0, 0.1) is 6.92 Å². The van der Waals surface area contributed by atoms with Crippen molar-refractivity contribution in [2.75, 3.05) is 6.26 Å². The number of nitrogens with zero attached hydrogens (tertiary/aromatic N) is 2. The summed E-state index contributed by atoms with van der Waals surface area (Å²) in [6.45, 7) is 21.4. The monoisotopic (exact) mass is 582 g/mol. The van der Waals surface area contributed by atoms with Crippen LogP contribution in [-0.4, -0.2) is 46.8 Å². The van der Waals surface area contributed by atoms with Gasteiger partial charge in [-0.05, 0) is 49.4 Å². The maximum Gasteiger partial charge on any atom is 0.522 e. The van der Waals surface area contributed by atoms with Gasteiger partial charge in [-0.3, -0.25) is 0 Å². The smallest absolute Gasteiger partial charge is 0.412 e. The van der Waals surface area contributed by atoms with E-state index in [1.807, 2.05) is 13.2 Å². The Hall–Kier alpha value is -0.186. The number of aromatic nitrogens is 2. The van der Waals surface area contributed by atoms with Crippen LogP contribution < -0.4 is 0 Å². The van der Waals surface area contributed by atoms with Crippen LogP contribution in [0.1, 0.15) is 52.8 Å². The molecule has 6 nitrogen and oxygen atoms in total. The molecule has 0 aliphatic carbocycles. The van der Waals surface area contributed by atoms with Crippen LogP contribution in [0.2, 0.25) is 41.4 Å². The Kier molecular flexibility index (Phi) is 11.4. The van der Waals surface area contributed by atoms with Crippen LogP contribution >= 0.6 is 23.4 Å². The summed E-state index contributed by atoms with van der Waals surface area (Å²) >= 11 is 7.72. The molecule has 0 amide bonds. The Bertz CT molecular complexity index is 924. The highest BCUT2D eigenvalue weighted by Gasteiger charge is 2.53. The lowest BCUT2D eigenvalue weighted by molar-refractivity contribution is -0.0504. The Labute approximate surface area is 214 Å². The Morgan fingerprint density at radius 2 is 1.38 bits per heavy atom. The molecule has 0 unspecified atom stereocenters. The number of rotatable bonds is 6. The molecular weight excluding hydrogens is 545 g/mol. The zero-order valence-corrected chi connectivity index (χ0v) is 26.5. The van der Waals surface area contributed by atoms with Crippen LogP contribution in [0.4, 0.5) is 13.2 Å². The number of alkyl halides is 3. The SMILES string of the molecule is CC(C)(C)[Si](C)(C)OS(=O)(=O)C(F)(F)F.CSc1nc(C)c(CO[Si](C)(C)C(C)(C)C)c(Cl)n1. The molecule has 0 atom stereocenters. The minimum atomic E-state index is -5.48. The molecule has 200 valence electrons. The van der Waals surface area contributed by atoms with Crippen LogP contribution in [0.25, 0.3) is 0 Å². The molecule has 0 aliphatic rings. The quantitative estimate of drug-likeness (QED) is 0.113. The fourth-order valence-electron chi connectivity index (χ4n) is 1.71. The molecule has 0 spiro atoms. The molecular formula is C20H38ClF3N2O4S2Si2. The predicted molar refractivity (Wildman–Crippen MR) is 139 cm³/mol. The summed E-state index contributed by atoms with van der Waals surface area (Å²) < 4.78 is 68.3. The van der Waals surface area contributed by atoms with Crippen molar-refractivity contribution in [3.8, 4) is 0 Å². The van der Waals surface area contributed by atoms with E-state index >= 15 is 0 Å². The van der Waals surface area contributed by atoms with Crippen LogP contribution in [-0.2, 0) is 25.0 Å². The normalized spacial score (nSPS) is 14.0. The van der Waals surface area contributed by atoms with E-state index < -0.39 is 37.3 Å². The Morgan fingerprint density at radius 1 is 0.941 bits per heavy atom. The first kappa shape index (κ1) is 33.8. The van der Waals surface area contributed by atoms with Gasteiger partial charge in [-0.1, -0.05) is 64.9 Å². The summed E-state index contributed by atoms with van der Waals surface area (Å²) in [5, 5.41) is 0.813. The van der Waals surface area contributed by atoms with Gasteiger partial charge >= 0.3 is 15.6 Å². The molecule has 0 N–H and O–H groups in total. The summed E-state index contributed by atoms with van der Waals surface area (Å²) in [5.74, 6) is 0. The molecule has 34 heavy (non-hydrogen) atoms. The zero-order chi connectivity index (χ0) is 27.6. The van der Waals surface area contributed by atoms with E-state index in [1.165, 1.54) is 24.9 Å². The maximum absolute atomic E-state index is 12.1. The van der Waals surface area contributed by atoms with Crippen LogP contribution in [0.3, 0.4) is 0 Å². The Balaban J connectivity index is 0.000000661. The molecule has 1 rings (SSSR count). The number of halogens is 4. The maximum atomic E-state index is 12.1. The van der Waals surface area contributed by atoms with Crippen molar-refractivity contribution in [3.63, 3.8) is 0 Å². The summed E-state index contributed by atoms with van der Waals surface area (Å²) in [5.41, 5.74) is -3.53.